The quantitative estimate of drug-likeness (QED) is 0.0313. The molecular formula is C98H103Cl7N32O5. The van der Waals surface area contributed by atoms with Crippen LogP contribution in [-0.4, -0.2) is 253 Å². The Morgan fingerprint density at radius 2 is 0.535 bits per heavy atom. The van der Waals surface area contributed by atoms with Crippen molar-refractivity contribution in [1.29, 1.82) is 0 Å². The van der Waals surface area contributed by atoms with Crippen molar-refractivity contribution < 1.29 is 24.0 Å². The Labute approximate surface area is 852 Å². The minimum absolute atomic E-state index is 0.268. The van der Waals surface area contributed by atoms with Crippen LogP contribution in [0.2, 0.25) is 35.2 Å². The number of fused-ring (bicyclic) bond motifs is 5. The number of anilines is 5. The maximum atomic E-state index is 12.8. The Hall–Kier alpha value is -13.1. The molecule has 0 aliphatic carbocycles. The van der Waals surface area contributed by atoms with Gasteiger partial charge in [0.15, 0.2) is 28.2 Å². The number of amides is 5. The van der Waals surface area contributed by atoms with Gasteiger partial charge in [-0.05, 0) is 158 Å². The van der Waals surface area contributed by atoms with E-state index in [0.29, 0.717) is 140 Å². The zero-order valence-corrected chi connectivity index (χ0v) is 84.6. The molecule has 5 amide bonds. The number of rotatable bonds is 23. The van der Waals surface area contributed by atoms with Crippen LogP contribution in [0.5, 0.6) is 0 Å². The predicted octanol–water partition coefficient (Wildman–Crippen LogP) is 17.2. The van der Waals surface area contributed by atoms with E-state index in [9.17, 15) is 24.0 Å². The summed E-state index contributed by atoms with van der Waals surface area (Å²) in [5, 5.41) is 73.0. The fourth-order valence-corrected chi connectivity index (χ4v) is 18.5. The summed E-state index contributed by atoms with van der Waals surface area (Å²) in [5.41, 5.74) is 16.9. The summed E-state index contributed by atoms with van der Waals surface area (Å²) in [7, 11) is 2.15. The number of piperazine rings is 3. The number of likely N-dealkylation sites (N-methyl/N-ethyl adjacent to an activating group) is 1. The number of nitrogens with zero attached hydrogens (tertiary/aromatic N) is 25. The maximum absolute atomic E-state index is 12.8. The van der Waals surface area contributed by atoms with Crippen LogP contribution >= 0.6 is 81.2 Å². The summed E-state index contributed by atoms with van der Waals surface area (Å²) >= 11 is 44.7. The summed E-state index contributed by atoms with van der Waals surface area (Å²) < 4.78 is 9.05. The number of nitrogens with one attached hydrogen (secondary N) is 7. The topological polar surface area (TPSA) is 410 Å². The Balaban J connectivity index is 0.000000128. The van der Waals surface area contributed by atoms with Crippen LogP contribution in [0.15, 0.2) is 183 Å². The second kappa shape index (κ2) is 46.7. The number of hydrogen-bond donors (Lipinski definition) is 7. The first-order chi connectivity index (χ1) is 68.5. The summed E-state index contributed by atoms with van der Waals surface area (Å²) in [6, 6.07) is 36.5. The summed E-state index contributed by atoms with van der Waals surface area (Å²) in [4.78, 5) is 95.5. The predicted molar refractivity (Wildman–Crippen MR) is 559 cm³/mol. The number of hydrogen-bond acceptors (Lipinski definition) is 27. The first kappa shape index (κ1) is 102. The van der Waals surface area contributed by atoms with Crippen LogP contribution in [0.25, 0.3) is 55.2 Å². The number of aryl methyl sites for hydroxylation is 8. The van der Waals surface area contributed by atoms with E-state index in [0.717, 1.165) is 202 Å². The van der Waals surface area contributed by atoms with Gasteiger partial charge in [-0.3, -0.25) is 38.7 Å². The molecule has 0 atom stereocenters. The third-order valence-corrected chi connectivity index (χ3v) is 26.8. The van der Waals surface area contributed by atoms with E-state index in [1.165, 1.54) is 24.8 Å². The van der Waals surface area contributed by atoms with Crippen molar-refractivity contribution in [2.75, 3.05) is 145 Å². The van der Waals surface area contributed by atoms with Crippen LogP contribution in [0.1, 0.15) is 96.9 Å². The Kier molecular flexibility index (Phi) is 33.5. The lowest BCUT2D eigenvalue weighted by Crippen LogP contribution is -2.45. The fourth-order valence-electron chi connectivity index (χ4n) is 16.5. The lowest BCUT2D eigenvalue weighted by Gasteiger charge is -2.32. The molecule has 7 N–H and O–H groups in total. The number of benzene rings is 5. The van der Waals surface area contributed by atoms with Gasteiger partial charge in [-0.1, -0.05) is 134 Å². The summed E-state index contributed by atoms with van der Waals surface area (Å²) in [5.74, 6) is -1.55. The highest BCUT2D eigenvalue weighted by Crippen LogP contribution is 2.36. The SMILES string of the molecule is Cc1ccc(NC(=O)c2cnc3c(c(C)nn3CC3=NN=NC3)c2Cl)cc1.Cc1ccc(NC(=O)c2cnc3c(c(C)nn3CCN3CCN(C)CC3)c2Cl)cc1.Cc1ccc(NC(=O)c2cnc3c(c(C)nn3CCN3CCNCC3)c2Cl)cc1.Cc1nn(CC2=NN=NC2)c2ncc(C(=O)Nc3ccc(Cl)cc3)c(Cl)c12.Cc1nn(CCN2CCNCC2)c2ncc(C(=O)Nc3ccc(Cl)cc3)c(Cl)c12. The number of pyridine rings is 5. The zero-order valence-electron chi connectivity index (χ0n) is 79.4. The molecule has 5 aliphatic rings. The summed E-state index contributed by atoms with van der Waals surface area (Å²) in [6.07, 6.45) is 7.51. The van der Waals surface area contributed by atoms with Crippen molar-refractivity contribution in [1.82, 2.24) is 104 Å². The molecule has 0 unspecified atom stereocenters. The van der Waals surface area contributed by atoms with Gasteiger partial charge < -0.3 is 42.1 Å². The molecule has 3 saturated heterocycles. The molecule has 15 heterocycles. The summed E-state index contributed by atoms with van der Waals surface area (Å²) in [6.45, 7) is 34.5. The van der Waals surface area contributed by atoms with Gasteiger partial charge in [0.05, 0.1) is 152 Å². The van der Waals surface area contributed by atoms with Crippen molar-refractivity contribution >= 4 is 206 Å². The lowest BCUT2D eigenvalue weighted by molar-refractivity contribution is 0.101. The molecule has 44 heteroatoms. The van der Waals surface area contributed by atoms with Gasteiger partial charge in [-0.15, -0.1) is 10.2 Å². The van der Waals surface area contributed by atoms with Crippen molar-refractivity contribution in [2.45, 2.75) is 88.1 Å². The minimum atomic E-state index is -0.360. The minimum Gasteiger partial charge on any atom is -0.322 e. The first-order valence-electron chi connectivity index (χ1n) is 46.0. The Morgan fingerprint density at radius 3 is 0.782 bits per heavy atom. The third-order valence-electron chi connectivity index (χ3n) is 24.3. The second-order valence-corrected chi connectivity index (χ2v) is 37.4. The maximum Gasteiger partial charge on any atom is 0.258 e. The van der Waals surface area contributed by atoms with Gasteiger partial charge in [0.1, 0.15) is 13.1 Å². The van der Waals surface area contributed by atoms with Gasteiger partial charge >= 0.3 is 0 Å². The lowest BCUT2D eigenvalue weighted by atomic mass is 10.1. The molecule has 10 aromatic heterocycles. The largest absolute Gasteiger partial charge is 0.322 e. The van der Waals surface area contributed by atoms with Crippen LogP contribution < -0.4 is 37.2 Å². The molecule has 37 nitrogen and oxygen atoms in total. The molecule has 0 bridgehead atoms. The van der Waals surface area contributed by atoms with Crippen LogP contribution in [0, 0.1) is 55.4 Å². The van der Waals surface area contributed by atoms with E-state index in [-0.39, 0.29) is 35.1 Å². The van der Waals surface area contributed by atoms with E-state index < -0.39 is 0 Å². The average molecular weight is 2060 g/mol. The van der Waals surface area contributed by atoms with E-state index in [2.05, 4.69) is 145 Å². The van der Waals surface area contributed by atoms with E-state index in [1.807, 2.05) is 142 Å². The highest BCUT2D eigenvalue weighted by Gasteiger charge is 2.29. The molecule has 5 aliphatic heterocycles. The third kappa shape index (κ3) is 24.8. The normalized spacial score (nSPS) is 14.5. The van der Waals surface area contributed by atoms with Gasteiger partial charge in [0.2, 0.25) is 0 Å². The zero-order chi connectivity index (χ0) is 99.9. The van der Waals surface area contributed by atoms with Crippen molar-refractivity contribution in [3.05, 3.63) is 260 Å². The number of carbonyl (C=O) groups excluding carboxylic acids is 5. The highest BCUT2D eigenvalue weighted by molar-refractivity contribution is 6.42. The standard InChI is InChI=1S/C22H27ClN6O.C21H25ClN6O.C20H22Cl2N6O.C18H16ClN7O.C17H13Cl2N7O/c1-15-4-6-17(7-5-15)25-22(30)18-14-24-21-19(20(18)23)16(2)26-29(21)13-12-28-10-8-27(3)9-11-28;1-14-3-5-16(6-4-14)25-21(29)17-13-24-20-18(19(17)22)15(2)26-28(20)12-11-27-9-7-23-8-10-27;1-13-17-18(22)16(20(29)25-15-4-2-14(21)3-5-15)12-24-19(17)28(26-13)11-10-27-8-6-23-7-9-27;1-10-3-5-12(6-4-10)22-18(27)14-8-20-17-15(16(14)19)11(2)24-26(17)9-13-7-21-25-23-13;1-9-14-15(19)13(17(27)22-11-4-2-10(18)3-5-11)7-20-16(14)26(24-9)8-12-6-21-25-23-12/h4-7,14H,8-13H2,1-3H3,(H,25,30);3-6,13,23H,7-12H2,1-2H3,(H,25,29);2-5,12,23H,6-11H2,1H3,(H,25,29);3-6,8H,7,9H2,1-2H3,(H,22,27);2-5,7H,6,8H2,1H3,(H,22,27). The van der Waals surface area contributed by atoms with E-state index in [1.54, 1.807) is 64.1 Å². The molecule has 734 valence electrons. The molecule has 3 fully saturated rings. The van der Waals surface area contributed by atoms with E-state index in [4.69, 9.17) is 81.2 Å². The van der Waals surface area contributed by atoms with Gasteiger partial charge in [0.25, 0.3) is 29.5 Å². The number of carbonyl (C=O) groups is 5. The molecule has 0 spiro atoms. The monoisotopic (exact) mass is 2050 g/mol. The number of halogens is 7. The van der Waals surface area contributed by atoms with Crippen molar-refractivity contribution in [3.63, 3.8) is 0 Å². The average Bonchev–Trinajstić information content (AvgIpc) is 1.63. The van der Waals surface area contributed by atoms with E-state index >= 15 is 0 Å². The molecular weight excluding hydrogens is 1950 g/mol. The molecule has 20 rings (SSSR count). The Morgan fingerprint density at radius 1 is 0.303 bits per heavy atom. The van der Waals surface area contributed by atoms with Crippen LogP contribution in [-0.2, 0) is 32.7 Å². The molecule has 0 saturated carbocycles. The Bertz CT molecular complexity index is 6960. The fraction of sp³-hybridized carbons (Fsp3) is 0.316. The second-order valence-electron chi connectivity index (χ2n) is 34.7. The molecule has 15 aromatic rings. The van der Waals surface area contributed by atoms with Crippen molar-refractivity contribution in [3.8, 4) is 0 Å². The highest BCUT2D eigenvalue weighted by atomic mass is 35.5. The van der Waals surface area contributed by atoms with Crippen molar-refractivity contribution in [2.24, 2.45) is 30.9 Å². The molecule has 142 heavy (non-hydrogen) atoms. The molecule has 5 aromatic carbocycles. The van der Waals surface area contributed by atoms with Gasteiger partial charge in [-0.25, -0.2) is 48.3 Å². The van der Waals surface area contributed by atoms with Gasteiger partial charge in [0, 0.05) is 168 Å². The molecule has 0 radical (unpaired) electrons. The van der Waals surface area contributed by atoms with Crippen LogP contribution in [0.3, 0.4) is 0 Å². The number of aromatic nitrogens is 15. The van der Waals surface area contributed by atoms with Crippen LogP contribution in [0.4, 0.5) is 28.4 Å². The smallest absolute Gasteiger partial charge is 0.258 e. The first-order valence-corrected chi connectivity index (χ1v) is 48.6. The van der Waals surface area contributed by atoms with Gasteiger partial charge in [-0.2, -0.15) is 35.7 Å².